The van der Waals surface area contributed by atoms with Crippen molar-refractivity contribution in [3.05, 3.63) is 18.5 Å². The minimum Gasteiger partial charge on any atom is -0.460 e. The van der Waals surface area contributed by atoms with Crippen molar-refractivity contribution in [2.75, 3.05) is 19.7 Å². The maximum atomic E-state index is 12.4. The highest BCUT2D eigenvalue weighted by Crippen LogP contribution is 2.20. The van der Waals surface area contributed by atoms with E-state index in [-0.39, 0.29) is 18.1 Å². The molecule has 0 unspecified atom stereocenters. The van der Waals surface area contributed by atoms with Crippen molar-refractivity contribution in [3.8, 4) is 6.01 Å². The number of aromatic nitrogens is 2. The van der Waals surface area contributed by atoms with Crippen molar-refractivity contribution in [1.82, 2.24) is 14.9 Å². The zero-order chi connectivity index (χ0) is 14.5. The Morgan fingerprint density at radius 1 is 1.19 bits per heavy atom. The highest BCUT2D eigenvalue weighted by molar-refractivity contribution is 5.81. The van der Waals surface area contributed by atoms with Crippen LogP contribution in [-0.4, -0.2) is 52.7 Å². The molecule has 0 spiro atoms. The van der Waals surface area contributed by atoms with Gasteiger partial charge in [-0.25, -0.2) is 9.97 Å². The summed E-state index contributed by atoms with van der Waals surface area (Å²) >= 11 is 0. The number of piperidine rings is 1. The van der Waals surface area contributed by atoms with Crippen molar-refractivity contribution in [3.63, 3.8) is 0 Å². The predicted molar refractivity (Wildman–Crippen MR) is 75.9 cm³/mol. The summed E-state index contributed by atoms with van der Waals surface area (Å²) < 4.78 is 11.3. The fourth-order valence-corrected chi connectivity index (χ4v) is 2.83. The Hall–Kier alpha value is -1.69. The normalized spacial score (nSPS) is 23.8. The number of carbonyl (C=O) groups excluding carboxylic acids is 1. The van der Waals surface area contributed by atoms with E-state index >= 15 is 0 Å². The van der Waals surface area contributed by atoms with Crippen LogP contribution < -0.4 is 4.74 Å². The second-order valence-electron chi connectivity index (χ2n) is 5.53. The highest BCUT2D eigenvalue weighted by atomic mass is 16.5. The number of nitrogens with zero attached hydrogens (tertiary/aromatic N) is 3. The minimum atomic E-state index is -0.228. The lowest BCUT2D eigenvalue weighted by molar-refractivity contribution is -0.148. The lowest BCUT2D eigenvalue weighted by atomic mass is 10.0. The van der Waals surface area contributed by atoms with Crippen LogP contribution in [0.2, 0.25) is 0 Å². The topological polar surface area (TPSA) is 64.5 Å². The molecular weight excluding hydrogens is 270 g/mol. The van der Waals surface area contributed by atoms with Gasteiger partial charge in [-0.3, -0.25) is 4.79 Å². The summed E-state index contributed by atoms with van der Waals surface area (Å²) in [4.78, 5) is 22.4. The molecule has 2 saturated heterocycles. The molecule has 6 nitrogen and oxygen atoms in total. The second kappa shape index (κ2) is 6.85. The number of hydrogen-bond donors (Lipinski definition) is 0. The number of hydrogen-bond acceptors (Lipinski definition) is 5. The molecule has 0 radical (unpaired) electrons. The lowest BCUT2D eigenvalue weighted by Crippen LogP contribution is -2.47. The van der Waals surface area contributed by atoms with Crippen LogP contribution in [0.4, 0.5) is 0 Å². The Kier molecular flexibility index (Phi) is 4.65. The van der Waals surface area contributed by atoms with Crippen LogP contribution in [0.5, 0.6) is 6.01 Å². The molecule has 6 heteroatoms. The fourth-order valence-electron chi connectivity index (χ4n) is 2.83. The highest BCUT2D eigenvalue weighted by Gasteiger charge is 2.30. The van der Waals surface area contributed by atoms with Crippen molar-refractivity contribution in [2.24, 2.45) is 0 Å². The van der Waals surface area contributed by atoms with Crippen LogP contribution in [-0.2, 0) is 9.53 Å². The van der Waals surface area contributed by atoms with Gasteiger partial charge in [0.05, 0.1) is 0 Å². The average molecular weight is 291 g/mol. The van der Waals surface area contributed by atoms with Gasteiger partial charge in [-0.05, 0) is 25.3 Å². The summed E-state index contributed by atoms with van der Waals surface area (Å²) in [5.74, 6) is 0.143. The summed E-state index contributed by atoms with van der Waals surface area (Å²) in [7, 11) is 0. The third-order valence-corrected chi connectivity index (χ3v) is 4.02. The molecule has 2 aliphatic rings. The predicted octanol–water partition coefficient (Wildman–Crippen LogP) is 1.42. The molecule has 21 heavy (non-hydrogen) atoms. The molecule has 0 aliphatic carbocycles. The van der Waals surface area contributed by atoms with E-state index in [0.29, 0.717) is 12.6 Å². The van der Waals surface area contributed by atoms with E-state index in [1.165, 1.54) is 0 Å². The number of amides is 1. The molecule has 114 valence electrons. The van der Waals surface area contributed by atoms with Crippen LogP contribution in [0.25, 0.3) is 0 Å². The van der Waals surface area contributed by atoms with Gasteiger partial charge in [-0.1, -0.05) is 0 Å². The SMILES string of the molecule is O=C([C@@H]1CCCCO1)N1CCC(Oc2ncccn2)CC1. The van der Waals surface area contributed by atoms with E-state index in [4.69, 9.17) is 9.47 Å². The molecular formula is C15H21N3O3. The fraction of sp³-hybridized carbons (Fsp3) is 0.667. The monoisotopic (exact) mass is 291 g/mol. The molecule has 0 bridgehead atoms. The first-order chi connectivity index (χ1) is 10.3. The average Bonchev–Trinajstić information content (AvgIpc) is 2.57. The van der Waals surface area contributed by atoms with Gasteiger partial charge in [-0.15, -0.1) is 0 Å². The van der Waals surface area contributed by atoms with E-state index in [2.05, 4.69) is 9.97 Å². The quantitative estimate of drug-likeness (QED) is 0.842. The van der Waals surface area contributed by atoms with Gasteiger partial charge < -0.3 is 14.4 Å². The van der Waals surface area contributed by atoms with E-state index in [0.717, 1.165) is 45.2 Å². The summed E-state index contributed by atoms with van der Waals surface area (Å²) in [6.07, 6.45) is 7.83. The Morgan fingerprint density at radius 3 is 2.62 bits per heavy atom. The van der Waals surface area contributed by atoms with Crippen LogP contribution in [0.1, 0.15) is 32.1 Å². The third kappa shape index (κ3) is 3.69. The smallest absolute Gasteiger partial charge is 0.316 e. The molecule has 2 fully saturated rings. The first-order valence-electron chi connectivity index (χ1n) is 7.67. The zero-order valence-corrected chi connectivity index (χ0v) is 12.1. The Morgan fingerprint density at radius 2 is 1.95 bits per heavy atom. The van der Waals surface area contributed by atoms with Crippen LogP contribution in [0.15, 0.2) is 18.5 Å². The second-order valence-corrected chi connectivity index (χ2v) is 5.53. The summed E-state index contributed by atoms with van der Waals surface area (Å²) in [5, 5.41) is 0. The number of rotatable bonds is 3. The standard InChI is InChI=1S/C15H21N3O3/c19-14(13-4-1-2-11-20-13)18-9-5-12(6-10-18)21-15-16-7-3-8-17-15/h3,7-8,12-13H,1-2,4-6,9-11H2/t13-/m0/s1. The van der Waals surface area contributed by atoms with Gasteiger partial charge in [0.25, 0.3) is 5.91 Å². The maximum absolute atomic E-state index is 12.4. The molecule has 2 aliphatic heterocycles. The van der Waals surface area contributed by atoms with Crippen molar-refractivity contribution in [1.29, 1.82) is 0 Å². The summed E-state index contributed by atoms with van der Waals surface area (Å²) in [5.41, 5.74) is 0. The molecule has 0 N–H and O–H groups in total. The van der Waals surface area contributed by atoms with Gasteiger partial charge in [0, 0.05) is 44.9 Å². The molecule has 1 amide bonds. The van der Waals surface area contributed by atoms with Gasteiger partial charge >= 0.3 is 6.01 Å². The van der Waals surface area contributed by atoms with Crippen molar-refractivity contribution < 1.29 is 14.3 Å². The molecule has 3 heterocycles. The molecule has 1 atom stereocenters. The Bertz CT molecular complexity index is 454. The van der Waals surface area contributed by atoms with E-state index in [1.54, 1.807) is 18.5 Å². The van der Waals surface area contributed by atoms with Gasteiger partial charge in [0.2, 0.25) is 0 Å². The van der Waals surface area contributed by atoms with Crippen LogP contribution in [0, 0.1) is 0 Å². The summed E-state index contributed by atoms with van der Waals surface area (Å²) in [6, 6.07) is 2.18. The lowest BCUT2D eigenvalue weighted by Gasteiger charge is -2.34. The first-order valence-corrected chi connectivity index (χ1v) is 7.67. The number of ether oxygens (including phenoxy) is 2. The van der Waals surface area contributed by atoms with E-state index in [1.807, 2.05) is 4.90 Å². The number of carbonyl (C=O) groups is 1. The maximum Gasteiger partial charge on any atom is 0.316 e. The number of likely N-dealkylation sites (tertiary alicyclic amines) is 1. The largest absolute Gasteiger partial charge is 0.460 e. The van der Waals surface area contributed by atoms with Crippen LogP contribution >= 0.6 is 0 Å². The van der Waals surface area contributed by atoms with Gasteiger partial charge in [-0.2, -0.15) is 0 Å². The molecule has 1 aromatic heterocycles. The van der Waals surface area contributed by atoms with E-state index in [9.17, 15) is 4.79 Å². The molecule has 0 aromatic carbocycles. The third-order valence-electron chi connectivity index (χ3n) is 4.02. The minimum absolute atomic E-state index is 0.0868. The van der Waals surface area contributed by atoms with E-state index < -0.39 is 0 Å². The van der Waals surface area contributed by atoms with Crippen LogP contribution in [0.3, 0.4) is 0 Å². The zero-order valence-electron chi connectivity index (χ0n) is 12.1. The van der Waals surface area contributed by atoms with Gasteiger partial charge in [0.15, 0.2) is 0 Å². The Labute approximate surface area is 124 Å². The first kappa shape index (κ1) is 14.3. The summed E-state index contributed by atoms with van der Waals surface area (Å²) in [6.45, 7) is 2.15. The molecule has 3 rings (SSSR count). The molecule has 0 saturated carbocycles. The van der Waals surface area contributed by atoms with Gasteiger partial charge in [0.1, 0.15) is 12.2 Å². The van der Waals surface area contributed by atoms with Crippen molar-refractivity contribution in [2.45, 2.75) is 44.3 Å². The molecule has 1 aromatic rings. The van der Waals surface area contributed by atoms with Crippen molar-refractivity contribution >= 4 is 5.91 Å². The Balaban J connectivity index is 1.47.